The number of nitrogens with zero attached hydrogens (tertiary/aromatic N) is 1. The second kappa shape index (κ2) is 11.5. The minimum Gasteiger partial charge on any atom is -0.456 e. The molecule has 53 heavy (non-hydrogen) atoms. The topological polar surface area (TPSA) is 16.4 Å². The fourth-order valence-corrected chi connectivity index (χ4v) is 9.78. The Kier molecular flexibility index (Phi) is 6.58. The first-order valence-electron chi connectivity index (χ1n) is 18.2. The normalized spacial score (nSPS) is 13.2. The van der Waals surface area contributed by atoms with E-state index >= 15 is 0 Å². The number of thiophene rings is 1. The third-order valence-electron chi connectivity index (χ3n) is 11.4. The predicted molar refractivity (Wildman–Crippen MR) is 224 cm³/mol. The molecule has 0 fully saturated rings. The lowest BCUT2D eigenvalue weighted by atomic mass is 9.74. The molecule has 0 saturated heterocycles. The Bertz CT molecular complexity index is 2980. The molecule has 0 spiro atoms. The van der Waals surface area contributed by atoms with Crippen molar-refractivity contribution < 1.29 is 4.42 Å². The van der Waals surface area contributed by atoms with Crippen molar-refractivity contribution in [3.05, 3.63) is 199 Å². The summed E-state index contributed by atoms with van der Waals surface area (Å²) in [5.41, 5.74) is 14.0. The molecule has 11 rings (SSSR count). The van der Waals surface area contributed by atoms with Crippen LogP contribution in [0.1, 0.15) is 23.6 Å². The van der Waals surface area contributed by atoms with Gasteiger partial charge >= 0.3 is 0 Å². The molecule has 2 heterocycles. The van der Waals surface area contributed by atoms with E-state index in [4.69, 9.17) is 4.42 Å². The third kappa shape index (κ3) is 4.57. The van der Waals surface area contributed by atoms with Crippen LogP contribution < -0.4 is 4.90 Å². The van der Waals surface area contributed by atoms with Crippen molar-refractivity contribution in [1.82, 2.24) is 0 Å². The van der Waals surface area contributed by atoms with Crippen LogP contribution in [0.25, 0.3) is 64.4 Å². The first-order chi connectivity index (χ1) is 26.1. The predicted octanol–water partition coefficient (Wildman–Crippen LogP) is 14.4. The van der Waals surface area contributed by atoms with Crippen molar-refractivity contribution in [3.63, 3.8) is 0 Å². The zero-order valence-electron chi connectivity index (χ0n) is 29.1. The smallest absolute Gasteiger partial charge is 0.135 e. The molecule has 1 aliphatic rings. The van der Waals surface area contributed by atoms with E-state index in [2.05, 4.69) is 182 Å². The number of furan rings is 1. The summed E-state index contributed by atoms with van der Waals surface area (Å²) >= 11 is 1.87. The molecule has 8 aromatic carbocycles. The number of rotatable bonds is 5. The fraction of sp³-hybridized carbons (Fsp3) is 0.0400. The molecule has 0 aliphatic heterocycles. The van der Waals surface area contributed by atoms with Crippen LogP contribution >= 0.6 is 11.3 Å². The van der Waals surface area contributed by atoms with Gasteiger partial charge in [-0.1, -0.05) is 115 Å². The van der Waals surface area contributed by atoms with Gasteiger partial charge in [0.25, 0.3) is 0 Å². The third-order valence-corrected chi connectivity index (χ3v) is 12.5. The van der Waals surface area contributed by atoms with E-state index < -0.39 is 0 Å². The first-order valence-corrected chi connectivity index (χ1v) is 19.0. The quantitative estimate of drug-likeness (QED) is 0.178. The summed E-state index contributed by atoms with van der Waals surface area (Å²) in [7, 11) is 0. The van der Waals surface area contributed by atoms with Crippen LogP contribution in [-0.2, 0) is 5.41 Å². The summed E-state index contributed by atoms with van der Waals surface area (Å²) in [5.74, 6) is 0. The summed E-state index contributed by atoms with van der Waals surface area (Å²) in [6, 6.07) is 66.3. The van der Waals surface area contributed by atoms with Crippen LogP contribution in [0.15, 0.2) is 186 Å². The Hall–Kier alpha value is -6.42. The van der Waals surface area contributed by atoms with Crippen molar-refractivity contribution in [1.29, 1.82) is 0 Å². The Morgan fingerprint density at radius 3 is 1.74 bits per heavy atom. The summed E-state index contributed by atoms with van der Waals surface area (Å²) in [6.07, 6.45) is 0. The van der Waals surface area contributed by atoms with Crippen molar-refractivity contribution >= 4 is 70.5 Å². The molecule has 10 aromatic rings. The van der Waals surface area contributed by atoms with Gasteiger partial charge in [0.2, 0.25) is 0 Å². The summed E-state index contributed by atoms with van der Waals surface area (Å²) in [5, 5.41) is 4.80. The zero-order valence-corrected chi connectivity index (χ0v) is 29.9. The van der Waals surface area contributed by atoms with Crippen molar-refractivity contribution in [2.24, 2.45) is 0 Å². The summed E-state index contributed by atoms with van der Waals surface area (Å²) < 4.78 is 8.83. The molecule has 3 heteroatoms. The maximum absolute atomic E-state index is 6.25. The number of benzene rings is 8. The molecule has 2 nitrogen and oxygen atoms in total. The van der Waals surface area contributed by atoms with E-state index in [0.29, 0.717) is 0 Å². The van der Waals surface area contributed by atoms with Crippen LogP contribution in [0.2, 0.25) is 0 Å². The monoisotopic (exact) mass is 695 g/mol. The summed E-state index contributed by atoms with van der Waals surface area (Å²) in [6.45, 7) is 2.40. The molecule has 250 valence electrons. The molecule has 2 aromatic heterocycles. The van der Waals surface area contributed by atoms with Gasteiger partial charge in [-0.15, -0.1) is 11.3 Å². The highest BCUT2D eigenvalue weighted by atomic mass is 32.1. The van der Waals surface area contributed by atoms with E-state index in [1.54, 1.807) is 0 Å². The van der Waals surface area contributed by atoms with Crippen molar-refractivity contribution in [2.75, 3.05) is 4.90 Å². The lowest BCUT2D eigenvalue weighted by molar-refractivity contribution is 0.669. The van der Waals surface area contributed by atoms with Gasteiger partial charge in [-0.25, -0.2) is 0 Å². The highest BCUT2D eigenvalue weighted by molar-refractivity contribution is 7.25. The average Bonchev–Trinajstić information content (AvgIpc) is 3.86. The van der Waals surface area contributed by atoms with Gasteiger partial charge in [-0.05, 0) is 113 Å². The van der Waals surface area contributed by atoms with E-state index in [1.165, 1.54) is 59.1 Å². The minimum absolute atomic E-state index is 0.247. The maximum Gasteiger partial charge on any atom is 0.135 e. The molecule has 0 radical (unpaired) electrons. The number of anilines is 3. The molecular formula is C50H33NOS. The fourth-order valence-electron chi connectivity index (χ4n) is 8.71. The zero-order chi connectivity index (χ0) is 35.1. The van der Waals surface area contributed by atoms with Crippen molar-refractivity contribution in [3.8, 4) is 22.3 Å². The molecular weight excluding hydrogens is 663 g/mol. The molecule has 0 atom stereocenters. The van der Waals surface area contributed by atoms with Gasteiger partial charge in [0.05, 0.1) is 0 Å². The molecule has 0 saturated carbocycles. The lowest BCUT2D eigenvalue weighted by Gasteiger charge is -2.28. The second-order valence-electron chi connectivity index (χ2n) is 14.2. The molecule has 1 aliphatic carbocycles. The Morgan fingerprint density at radius 1 is 0.434 bits per heavy atom. The molecule has 0 bridgehead atoms. The van der Waals surface area contributed by atoms with E-state index in [1.807, 2.05) is 23.5 Å². The van der Waals surface area contributed by atoms with Crippen LogP contribution in [0, 0.1) is 0 Å². The number of hydrogen-bond acceptors (Lipinski definition) is 3. The van der Waals surface area contributed by atoms with Gasteiger partial charge in [0.1, 0.15) is 11.2 Å². The van der Waals surface area contributed by atoms with Crippen LogP contribution in [-0.4, -0.2) is 0 Å². The highest BCUT2D eigenvalue weighted by Crippen LogP contribution is 2.53. The van der Waals surface area contributed by atoms with Gasteiger partial charge in [-0.3, -0.25) is 0 Å². The van der Waals surface area contributed by atoms with Gasteiger partial charge in [0.15, 0.2) is 0 Å². The van der Waals surface area contributed by atoms with Crippen LogP contribution in [0.4, 0.5) is 17.1 Å². The van der Waals surface area contributed by atoms with E-state index in [0.717, 1.165) is 39.0 Å². The Morgan fingerprint density at radius 2 is 0.981 bits per heavy atom. The minimum atomic E-state index is -0.247. The van der Waals surface area contributed by atoms with Gasteiger partial charge in [0, 0.05) is 53.4 Å². The molecule has 0 N–H and O–H groups in total. The highest BCUT2D eigenvalue weighted by Gasteiger charge is 2.40. The maximum atomic E-state index is 6.25. The van der Waals surface area contributed by atoms with Crippen molar-refractivity contribution in [2.45, 2.75) is 12.3 Å². The van der Waals surface area contributed by atoms with E-state index in [-0.39, 0.29) is 5.41 Å². The summed E-state index contributed by atoms with van der Waals surface area (Å²) in [4.78, 5) is 2.38. The first kappa shape index (κ1) is 30.2. The number of para-hydroxylation sites is 1. The van der Waals surface area contributed by atoms with Crippen LogP contribution in [0.3, 0.4) is 0 Å². The SMILES string of the molecule is CC1(c2ccc3sc4ccc(N(c5ccc(-c6ccccc6)cc5)c5ccc6oc7ccccc7c6c5)cc4c3c2)c2ccccc2-c2ccccc21. The molecule has 0 unspecified atom stereocenters. The average molecular weight is 696 g/mol. The van der Waals surface area contributed by atoms with Crippen LogP contribution in [0.5, 0.6) is 0 Å². The van der Waals surface area contributed by atoms with Gasteiger partial charge < -0.3 is 9.32 Å². The largest absolute Gasteiger partial charge is 0.456 e. The Balaban J connectivity index is 1.09. The van der Waals surface area contributed by atoms with Gasteiger partial charge in [-0.2, -0.15) is 0 Å². The molecule has 0 amide bonds. The second-order valence-corrected chi connectivity index (χ2v) is 15.3. The number of hydrogen-bond donors (Lipinski definition) is 0. The van der Waals surface area contributed by atoms with E-state index in [9.17, 15) is 0 Å². The lowest BCUT2D eigenvalue weighted by Crippen LogP contribution is -2.22. The standard InChI is InChI=1S/C50H33NOS/c1-50(44-16-8-5-13-38(44)39-14-6-9-17-45(39)50)34-21-27-48-42(29-34)43-31-37(25-28-49(43)53-48)51(35-22-19-33(20-23-35)32-11-3-2-4-12-32)36-24-26-47-41(30-36)40-15-7-10-18-46(40)52-47/h2-31H,1H3. The Labute approximate surface area is 311 Å². The number of fused-ring (bicyclic) bond motifs is 9.